The minimum absolute atomic E-state index is 0.0281. The van der Waals surface area contributed by atoms with Gasteiger partial charge in [-0.1, -0.05) is 164 Å². The Bertz CT molecular complexity index is 1910. The van der Waals surface area contributed by atoms with Gasteiger partial charge in [0.25, 0.3) is 0 Å². The van der Waals surface area contributed by atoms with Crippen LogP contribution in [0.1, 0.15) is 65.0 Å². The highest BCUT2D eigenvalue weighted by atomic mass is 16.6. The molecule has 0 bridgehead atoms. The number of hydrogen-bond acceptors (Lipinski definition) is 2. The molecule has 1 spiro atoms. The Morgan fingerprint density at radius 3 is 1.62 bits per heavy atom. The Morgan fingerprint density at radius 1 is 0.625 bits per heavy atom. The summed E-state index contributed by atoms with van der Waals surface area (Å²) in [5.74, 6) is 0.980. The van der Waals surface area contributed by atoms with E-state index in [-0.39, 0.29) is 11.0 Å². The van der Waals surface area contributed by atoms with E-state index in [0.717, 1.165) is 23.1 Å². The Labute approximate surface area is 283 Å². The standard InChI is InChI=1S/C46H40O2/c47-45(38-17-9-3-10-18-38,39-19-11-4-12-20-39)32-29-34-27-30-43(31-28-34)46(48-43,41-25-26-41)40-23-21-35(22-24-40)42-33-44(42,36-13-5-1-6-14-36)37-15-7-2-8-16-37/h1-24,27-31,41-42,47H,25-26,32-33H2. The number of hydrogen-bond donors (Lipinski definition) is 1. The zero-order valence-electron chi connectivity index (χ0n) is 27.1. The first-order valence-electron chi connectivity index (χ1n) is 17.4. The Kier molecular flexibility index (Phi) is 6.83. The van der Waals surface area contributed by atoms with Gasteiger partial charge < -0.3 is 9.84 Å². The van der Waals surface area contributed by atoms with Crippen LogP contribution in [0, 0.1) is 5.92 Å². The van der Waals surface area contributed by atoms with Gasteiger partial charge in [-0.05, 0) is 82.2 Å². The smallest absolute Gasteiger partial charge is 0.140 e. The summed E-state index contributed by atoms with van der Waals surface area (Å²) >= 11 is 0. The molecule has 5 aromatic carbocycles. The van der Waals surface area contributed by atoms with Crippen LogP contribution in [0.4, 0.5) is 0 Å². The van der Waals surface area contributed by atoms with Crippen LogP contribution in [0.15, 0.2) is 182 Å². The van der Waals surface area contributed by atoms with Crippen LogP contribution in [0.3, 0.4) is 0 Å². The van der Waals surface area contributed by atoms with Gasteiger partial charge in [0.1, 0.15) is 16.8 Å². The highest BCUT2D eigenvalue weighted by Crippen LogP contribution is 2.69. The molecule has 1 N–H and O–H groups in total. The minimum atomic E-state index is -1.11. The summed E-state index contributed by atoms with van der Waals surface area (Å²) < 4.78 is 6.82. The van der Waals surface area contributed by atoms with Gasteiger partial charge in [0.05, 0.1) is 0 Å². The van der Waals surface area contributed by atoms with Crippen molar-refractivity contribution in [3.63, 3.8) is 0 Å². The van der Waals surface area contributed by atoms with Crippen molar-refractivity contribution < 1.29 is 9.84 Å². The average Bonchev–Trinajstić information content (AvgIpc) is 4.08. The van der Waals surface area contributed by atoms with E-state index < -0.39 is 11.2 Å². The molecule has 236 valence electrons. The summed E-state index contributed by atoms with van der Waals surface area (Å²) in [6.45, 7) is 0. The second kappa shape index (κ2) is 11.2. The number of benzene rings is 5. The third kappa shape index (κ3) is 4.62. The van der Waals surface area contributed by atoms with Crippen molar-refractivity contribution in [3.05, 3.63) is 215 Å². The third-order valence-electron chi connectivity index (χ3n) is 11.5. The molecular weight excluding hydrogens is 585 g/mol. The molecule has 2 atom stereocenters. The second-order valence-corrected chi connectivity index (χ2v) is 14.2. The average molecular weight is 625 g/mol. The van der Waals surface area contributed by atoms with Crippen molar-refractivity contribution >= 4 is 0 Å². The molecule has 2 unspecified atom stereocenters. The van der Waals surface area contributed by atoms with E-state index in [9.17, 15) is 5.11 Å². The van der Waals surface area contributed by atoms with Gasteiger partial charge in [0, 0.05) is 11.8 Å². The maximum Gasteiger partial charge on any atom is 0.140 e. The second-order valence-electron chi connectivity index (χ2n) is 14.2. The first-order chi connectivity index (χ1) is 23.6. The van der Waals surface area contributed by atoms with E-state index in [4.69, 9.17) is 4.74 Å². The van der Waals surface area contributed by atoms with E-state index >= 15 is 0 Å². The summed E-state index contributed by atoms with van der Waals surface area (Å²) in [6.07, 6.45) is 15.0. The summed E-state index contributed by atoms with van der Waals surface area (Å²) in [6, 6.07) is 51.4. The van der Waals surface area contributed by atoms with Gasteiger partial charge >= 0.3 is 0 Å². The van der Waals surface area contributed by atoms with Gasteiger partial charge in [-0.15, -0.1) is 0 Å². The molecule has 0 aromatic heterocycles. The predicted octanol–water partition coefficient (Wildman–Crippen LogP) is 9.91. The van der Waals surface area contributed by atoms with Gasteiger partial charge in [-0.3, -0.25) is 0 Å². The van der Waals surface area contributed by atoms with Crippen LogP contribution in [0.5, 0.6) is 0 Å². The van der Waals surface area contributed by atoms with E-state index in [2.05, 4.69) is 115 Å². The lowest BCUT2D eigenvalue weighted by molar-refractivity contribution is 0.0840. The van der Waals surface area contributed by atoms with Crippen LogP contribution in [-0.4, -0.2) is 10.7 Å². The quantitative estimate of drug-likeness (QED) is 0.166. The molecule has 1 saturated heterocycles. The molecule has 5 aromatic rings. The fourth-order valence-corrected chi connectivity index (χ4v) is 8.66. The molecule has 0 radical (unpaired) electrons. The molecule has 3 fully saturated rings. The van der Waals surface area contributed by atoms with Crippen molar-refractivity contribution in [2.75, 3.05) is 0 Å². The van der Waals surface area contributed by atoms with Gasteiger partial charge in [-0.2, -0.15) is 0 Å². The molecule has 4 aliphatic rings. The summed E-state index contributed by atoms with van der Waals surface area (Å²) in [5, 5.41) is 12.0. The predicted molar refractivity (Wildman–Crippen MR) is 193 cm³/mol. The van der Waals surface area contributed by atoms with Crippen LogP contribution >= 0.6 is 0 Å². The minimum Gasteiger partial charge on any atom is -0.380 e. The lowest BCUT2D eigenvalue weighted by Gasteiger charge is -2.28. The van der Waals surface area contributed by atoms with Crippen molar-refractivity contribution in [1.82, 2.24) is 0 Å². The number of ether oxygens (including phenoxy) is 1. The van der Waals surface area contributed by atoms with E-state index in [0.29, 0.717) is 18.3 Å². The summed E-state index contributed by atoms with van der Waals surface area (Å²) in [5.41, 5.74) is 6.55. The van der Waals surface area contributed by atoms with Crippen molar-refractivity contribution in [1.29, 1.82) is 0 Å². The summed E-state index contributed by atoms with van der Waals surface area (Å²) in [4.78, 5) is 0. The topological polar surface area (TPSA) is 32.8 Å². The van der Waals surface area contributed by atoms with E-state index in [1.54, 1.807) is 0 Å². The molecule has 9 rings (SSSR count). The molecule has 1 heterocycles. The molecule has 2 saturated carbocycles. The normalized spacial score (nSPS) is 25.2. The molecule has 2 nitrogen and oxygen atoms in total. The summed E-state index contributed by atoms with van der Waals surface area (Å²) in [7, 11) is 0. The highest BCUT2D eigenvalue weighted by molar-refractivity contribution is 5.56. The van der Waals surface area contributed by atoms with Gasteiger partial charge in [0.2, 0.25) is 0 Å². The Hall–Kier alpha value is -4.76. The number of aliphatic hydroxyl groups is 1. The zero-order chi connectivity index (χ0) is 32.2. The Balaban J connectivity index is 0.969. The molecular formula is C46H40O2. The SMILES string of the molecule is OC(CC=C1C=CC2(C=C1)OC2(c1ccc(C2CC2(c2ccccc2)c2ccccc2)cc1)C1CC1)(c1ccccc1)c1ccccc1. The fraction of sp³-hybridized carbons (Fsp3) is 0.217. The Morgan fingerprint density at radius 2 is 1.12 bits per heavy atom. The lowest BCUT2D eigenvalue weighted by atomic mass is 9.78. The van der Waals surface area contributed by atoms with Crippen LogP contribution < -0.4 is 0 Å². The van der Waals surface area contributed by atoms with Crippen LogP contribution in [-0.2, 0) is 21.4 Å². The zero-order valence-corrected chi connectivity index (χ0v) is 27.1. The van der Waals surface area contributed by atoms with Crippen LogP contribution in [0.2, 0.25) is 0 Å². The van der Waals surface area contributed by atoms with Crippen LogP contribution in [0.25, 0.3) is 0 Å². The maximum absolute atomic E-state index is 12.0. The lowest BCUT2D eigenvalue weighted by Crippen LogP contribution is -2.27. The van der Waals surface area contributed by atoms with E-state index in [1.165, 1.54) is 35.1 Å². The van der Waals surface area contributed by atoms with E-state index in [1.807, 2.05) is 60.7 Å². The molecule has 2 heteroatoms. The van der Waals surface area contributed by atoms with Crippen molar-refractivity contribution in [2.45, 2.75) is 53.8 Å². The monoisotopic (exact) mass is 624 g/mol. The number of allylic oxidation sites excluding steroid dienone is 3. The molecule has 0 amide bonds. The molecule has 1 aliphatic heterocycles. The first kappa shape index (κ1) is 29.4. The molecule has 3 aliphatic carbocycles. The number of epoxide rings is 1. The fourth-order valence-electron chi connectivity index (χ4n) is 8.66. The number of rotatable bonds is 9. The highest BCUT2D eigenvalue weighted by Gasteiger charge is 2.74. The van der Waals surface area contributed by atoms with Gasteiger partial charge in [0.15, 0.2) is 0 Å². The van der Waals surface area contributed by atoms with Gasteiger partial charge in [-0.25, -0.2) is 0 Å². The van der Waals surface area contributed by atoms with Crippen molar-refractivity contribution in [2.24, 2.45) is 5.92 Å². The molecule has 48 heavy (non-hydrogen) atoms. The largest absolute Gasteiger partial charge is 0.380 e. The third-order valence-corrected chi connectivity index (χ3v) is 11.5. The maximum atomic E-state index is 12.0. The van der Waals surface area contributed by atoms with Crippen molar-refractivity contribution in [3.8, 4) is 0 Å². The first-order valence-corrected chi connectivity index (χ1v) is 17.4.